The van der Waals surface area contributed by atoms with Gasteiger partial charge in [-0.2, -0.15) is 0 Å². The summed E-state index contributed by atoms with van der Waals surface area (Å²) in [4.78, 5) is 11.3. The largest absolute Gasteiger partial charge is 0.368 e. The van der Waals surface area contributed by atoms with Gasteiger partial charge in [0.1, 0.15) is 4.90 Å². The van der Waals surface area contributed by atoms with Crippen LogP contribution in [-0.2, 0) is 16.4 Å². The number of nitrogen functional groups attached to an aromatic ring is 1. The van der Waals surface area contributed by atoms with Crippen LogP contribution in [-0.4, -0.2) is 29.9 Å². The van der Waals surface area contributed by atoms with E-state index in [4.69, 9.17) is 5.73 Å². The van der Waals surface area contributed by atoms with Gasteiger partial charge in [-0.15, -0.1) is 11.3 Å². The molecule has 2 rings (SSSR count). The number of nitrogens with zero attached hydrogens (tertiary/aromatic N) is 3. The van der Waals surface area contributed by atoms with Crippen molar-refractivity contribution in [1.29, 1.82) is 0 Å². The fraction of sp³-hybridized carbons (Fsp3) is 0.222. The van der Waals surface area contributed by atoms with Gasteiger partial charge in [-0.05, 0) is 0 Å². The molecule has 0 aliphatic carbocycles. The zero-order valence-corrected chi connectivity index (χ0v) is 10.9. The first-order chi connectivity index (χ1) is 8.58. The molecular formula is C9H11N5O2S2. The van der Waals surface area contributed by atoms with Crippen LogP contribution in [0.15, 0.2) is 28.9 Å². The summed E-state index contributed by atoms with van der Waals surface area (Å²) >= 11 is 1.48. The van der Waals surface area contributed by atoms with E-state index in [1.807, 2.05) is 5.38 Å². The lowest BCUT2D eigenvalue weighted by molar-refractivity contribution is 0.580. The minimum absolute atomic E-state index is 0.00385. The second-order valence-corrected chi connectivity index (χ2v) is 6.10. The van der Waals surface area contributed by atoms with Crippen molar-refractivity contribution >= 4 is 27.3 Å². The summed E-state index contributed by atoms with van der Waals surface area (Å²) in [6.45, 7) is 0.278. The van der Waals surface area contributed by atoms with Crippen molar-refractivity contribution < 1.29 is 8.42 Å². The molecule has 0 aromatic carbocycles. The number of sulfonamides is 1. The van der Waals surface area contributed by atoms with E-state index in [2.05, 4.69) is 19.7 Å². The molecule has 2 aromatic heterocycles. The predicted octanol–water partition coefficient (Wildman–Crippen LogP) is 0.0363. The topological polar surface area (TPSA) is 111 Å². The summed E-state index contributed by atoms with van der Waals surface area (Å²) in [5.74, 6) is 0.0386. The van der Waals surface area contributed by atoms with Crippen LogP contribution in [0, 0.1) is 0 Å². The highest BCUT2D eigenvalue weighted by Crippen LogP contribution is 2.07. The number of thiazole rings is 1. The van der Waals surface area contributed by atoms with Gasteiger partial charge in [-0.3, -0.25) is 0 Å². The average molecular weight is 285 g/mol. The van der Waals surface area contributed by atoms with Crippen molar-refractivity contribution in [3.63, 3.8) is 0 Å². The van der Waals surface area contributed by atoms with Crippen LogP contribution in [0.1, 0.15) is 5.01 Å². The molecule has 3 N–H and O–H groups in total. The summed E-state index contributed by atoms with van der Waals surface area (Å²) in [6.07, 6.45) is 4.58. The highest BCUT2D eigenvalue weighted by atomic mass is 32.2. The lowest BCUT2D eigenvalue weighted by Crippen LogP contribution is -2.26. The molecule has 9 heteroatoms. The Labute approximate surface area is 108 Å². The zero-order valence-electron chi connectivity index (χ0n) is 9.28. The van der Waals surface area contributed by atoms with Gasteiger partial charge in [0.2, 0.25) is 16.0 Å². The minimum Gasteiger partial charge on any atom is -0.368 e. The third-order valence-corrected chi connectivity index (χ3v) is 4.33. The predicted molar refractivity (Wildman–Crippen MR) is 67.5 cm³/mol. The molecule has 0 radical (unpaired) electrons. The Morgan fingerprint density at radius 1 is 1.28 bits per heavy atom. The standard InChI is InChI=1S/C9H11N5O2S2/c10-9-12-5-7(6-13-9)18(15,16)14-2-1-8-11-3-4-17-8/h3-6,14H,1-2H2,(H2,10,12,13). The molecule has 2 heterocycles. The molecule has 96 valence electrons. The second-order valence-electron chi connectivity index (χ2n) is 3.35. The van der Waals surface area contributed by atoms with E-state index in [0.29, 0.717) is 6.42 Å². The van der Waals surface area contributed by atoms with E-state index in [0.717, 1.165) is 5.01 Å². The molecule has 0 amide bonds. The molecule has 0 unspecified atom stereocenters. The molecule has 0 aliphatic rings. The summed E-state index contributed by atoms with van der Waals surface area (Å²) in [7, 11) is -3.58. The monoisotopic (exact) mass is 285 g/mol. The van der Waals surface area contributed by atoms with E-state index in [-0.39, 0.29) is 17.4 Å². The summed E-state index contributed by atoms with van der Waals surface area (Å²) in [6, 6.07) is 0. The van der Waals surface area contributed by atoms with Crippen molar-refractivity contribution in [2.75, 3.05) is 12.3 Å². The van der Waals surface area contributed by atoms with Gasteiger partial charge in [0.15, 0.2) is 0 Å². The highest BCUT2D eigenvalue weighted by molar-refractivity contribution is 7.89. The Kier molecular flexibility index (Phi) is 3.84. The first-order valence-corrected chi connectivity index (χ1v) is 7.40. The first-order valence-electron chi connectivity index (χ1n) is 5.03. The Morgan fingerprint density at radius 2 is 2.00 bits per heavy atom. The first kappa shape index (κ1) is 12.9. The Balaban J connectivity index is 1.97. The van der Waals surface area contributed by atoms with Gasteiger partial charge in [-0.25, -0.2) is 28.1 Å². The maximum absolute atomic E-state index is 11.8. The number of nitrogens with two attached hydrogens (primary N) is 1. The van der Waals surface area contributed by atoms with Crippen LogP contribution in [0.3, 0.4) is 0 Å². The number of hydrogen-bond donors (Lipinski definition) is 2. The van der Waals surface area contributed by atoms with Crippen LogP contribution in [0.2, 0.25) is 0 Å². The lowest BCUT2D eigenvalue weighted by Gasteiger charge is -2.04. The van der Waals surface area contributed by atoms with E-state index < -0.39 is 10.0 Å². The Bertz CT molecular complexity index is 594. The van der Waals surface area contributed by atoms with E-state index in [1.54, 1.807) is 6.20 Å². The molecule has 0 fully saturated rings. The number of hydrogen-bond acceptors (Lipinski definition) is 7. The molecule has 18 heavy (non-hydrogen) atoms. The van der Waals surface area contributed by atoms with Crippen molar-refractivity contribution in [3.05, 3.63) is 29.0 Å². The molecule has 2 aromatic rings. The fourth-order valence-electron chi connectivity index (χ4n) is 1.22. The zero-order chi connectivity index (χ0) is 13.0. The van der Waals surface area contributed by atoms with Crippen molar-refractivity contribution in [2.24, 2.45) is 0 Å². The van der Waals surface area contributed by atoms with Gasteiger partial charge < -0.3 is 5.73 Å². The Morgan fingerprint density at radius 3 is 2.61 bits per heavy atom. The smallest absolute Gasteiger partial charge is 0.243 e. The number of rotatable bonds is 5. The summed E-state index contributed by atoms with van der Waals surface area (Å²) in [5, 5.41) is 2.73. The van der Waals surface area contributed by atoms with Gasteiger partial charge in [0.25, 0.3) is 0 Å². The normalized spacial score (nSPS) is 11.6. The molecule has 0 atom stereocenters. The van der Waals surface area contributed by atoms with Gasteiger partial charge in [0, 0.05) is 24.5 Å². The van der Waals surface area contributed by atoms with Gasteiger partial charge >= 0.3 is 0 Å². The van der Waals surface area contributed by atoms with Gasteiger partial charge in [0.05, 0.1) is 17.4 Å². The molecule has 0 bridgehead atoms. The minimum atomic E-state index is -3.58. The maximum Gasteiger partial charge on any atom is 0.243 e. The van der Waals surface area contributed by atoms with E-state index in [9.17, 15) is 8.42 Å². The molecule has 7 nitrogen and oxygen atoms in total. The van der Waals surface area contributed by atoms with Crippen molar-refractivity contribution in [2.45, 2.75) is 11.3 Å². The third-order valence-electron chi connectivity index (χ3n) is 2.07. The van der Waals surface area contributed by atoms with Crippen LogP contribution in [0.5, 0.6) is 0 Å². The van der Waals surface area contributed by atoms with Crippen molar-refractivity contribution in [3.8, 4) is 0 Å². The van der Waals surface area contributed by atoms with Crippen LogP contribution in [0.4, 0.5) is 5.95 Å². The summed E-state index contributed by atoms with van der Waals surface area (Å²) in [5.41, 5.74) is 5.29. The molecular weight excluding hydrogens is 274 g/mol. The number of nitrogens with one attached hydrogen (secondary N) is 1. The van der Waals surface area contributed by atoms with Gasteiger partial charge in [-0.1, -0.05) is 0 Å². The quantitative estimate of drug-likeness (QED) is 0.802. The lowest BCUT2D eigenvalue weighted by atomic mass is 10.5. The fourth-order valence-corrected chi connectivity index (χ4v) is 2.76. The SMILES string of the molecule is Nc1ncc(S(=O)(=O)NCCc2nccs2)cn1. The average Bonchev–Trinajstić information content (AvgIpc) is 2.82. The Hall–Kier alpha value is -1.58. The molecule has 0 aliphatic heterocycles. The summed E-state index contributed by atoms with van der Waals surface area (Å²) < 4.78 is 26.1. The maximum atomic E-state index is 11.8. The highest BCUT2D eigenvalue weighted by Gasteiger charge is 2.14. The number of aromatic nitrogens is 3. The second kappa shape index (κ2) is 5.38. The van der Waals surface area contributed by atoms with Crippen molar-refractivity contribution in [1.82, 2.24) is 19.7 Å². The van der Waals surface area contributed by atoms with E-state index >= 15 is 0 Å². The van der Waals surface area contributed by atoms with Crippen LogP contribution in [0.25, 0.3) is 0 Å². The van der Waals surface area contributed by atoms with E-state index in [1.165, 1.54) is 23.7 Å². The number of anilines is 1. The third kappa shape index (κ3) is 3.22. The van der Waals surface area contributed by atoms with Crippen LogP contribution >= 0.6 is 11.3 Å². The molecule has 0 spiro atoms. The molecule has 0 saturated carbocycles. The molecule has 0 saturated heterocycles. The van der Waals surface area contributed by atoms with Crippen LogP contribution < -0.4 is 10.5 Å².